The Balaban J connectivity index is 2.06. The third-order valence-electron chi connectivity index (χ3n) is 2.62. The third-order valence-corrected chi connectivity index (χ3v) is 3.56. The summed E-state index contributed by atoms with van der Waals surface area (Å²) in [4.78, 5) is 37.1. The van der Waals surface area contributed by atoms with Gasteiger partial charge in [0.2, 0.25) is 5.78 Å². The van der Waals surface area contributed by atoms with Gasteiger partial charge in [-0.15, -0.1) is 11.3 Å². The highest BCUT2D eigenvalue weighted by atomic mass is 32.1. The molecule has 108 valence electrons. The number of aromatic nitrogens is 1. The second-order valence-electron chi connectivity index (χ2n) is 4.28. The first-order valence-electron chi connectivity index (χ1n) is 5.94. The third kappa shape index (κ3) is 4.03. The van der Waals surface area contributed by atoms with Gasteiger partial charge in [0.1, 0.15) is 5.82 Å². The maximum Gasteiger partial charge on any atom is 0.372 e. The predicted molar refractivity (Wildman–Crippen MR) is 72.9 cm³/mol. The molecule has 0 bridgehead atoms. The minimum Gasteiger partial charge on any atom is -0.475 e. The highest BCUT2D eigenvalue weighted by Gasteiger charge is 2.20. The van der Waals surface area contributed by atoms with Crippen LogP contribution < -0.4 is 0 Å². The first-order chi connectivity index (χ1) is 9.95. The lowest BCUT2D eigenvalue weighted by Crippen LogP contribution is -2.17. The normalized spacial score (nSPS) is 10.3. The number of nitrogens with zero attached hydrogens (tertiary/aromatic N) is 1. The minimum atomic E-state index is -1.64. The van der Waals surface area contributed by atoms with E-state index in [0.29, 0.717) is 17.7 Å². The zero-order chi connectivity index (χ0) is 15.4. The van der Waals surface area contributed by atoms with E-state index in [-0.39, 0.29) is 10.8 Å². The number of benzene rings is 1. The van der Waals surface area contributed by atoms with Gasteiger partial charge in [0.25, 0.3) is 0 Å². The van der Waals surface area contributed by atoms with Crippen LogP contribution in [0, 0.1) is 5.82 Å². The van der Waals surface area contributed by atoms with Crippen LogP contribution in [0.3, 0.4) is 0 Å². The van der Waals surface area contributed by atoms with E-state index < -0.39 is 24.0 Å². The summed E-state index contributed by atoms with van der Waals surface area (Å²) in [5, 5.41) is 10.2. The Bertz CT molecular complexity index is 711. The van der Waals surface area contributed by atoms with Gasteiger partial charge in [0, 0.05) is 11.8 Å². The van der Waals surface area contributed by atoms with Crippen LogP contribution in [0.25, 0.3) is 0 Å². The first-order valence-corrected chi connectivity index (χ1v) is 6.82. The number of carboxylic acids is 1. The van der Waals surface area contributed by atoms with E-state index >= 15 is 0 Å². The number of hydrogen-bond donors (Lipinski definition) is 1. The Morgan fingerprint density at radius 2 is 2.05 bits per heavy atom. The van der Waals surface area contributed by atoms with Crippen LogP contribution in [0.4, 0.5) is 4.39 Å². The van der Waals surface area contributed by atoms with Gasteiger partial charge >= 0.3 is 5.97 Å². The van der Waals surface area contributed by atoms with E-state index in [4.69, 9.17) is 5.11 Å². The molecule has 0 radical (unpaired) electrons. The summed E-state index contributed by atoms with van der Waals surface area (Å²) >= 11 is 1.04. The fourth-order valence-electron chi connectivity index (χ4n) is 1.67. The number of carbonyl (C=O) groups excluding carboxylic acids is 2. The SMILES string of the molecule is O=C(O)C(=O)CC(=O)c1nc(Cc2cccc(F)c2)cs1. The number of rotatable bonds is 6. The molecule has 1 aromatic heterocycles. The molecule has 0 amide bonds. The topological polar surface area (TPSA) is 84.3 Å². The number of Topliss-reactive ketones (excluding diaryl/α,β-unsaturated/α-hetero) is 2. The molecule has 2 aromatic rings. The van der Waals surface area contributed by atoms with Gasteiger partial charge in [-0.3, -0.25) is 9.59 Å². The molecule has 0 saturated carbocycles. The number of carbonyl (C=O) groups is 3. The van der Waals surface area contributed by atoms with Gasteiger partial charge in [-0.2, -0.15) is 0 Å². The van der Waals surface area contributed by atoms with Crippen molar-refractivity contribution in [2.75, 3.05) is 0 Å². The van der Waals surface area contributed by atoms with Gasteiger partial charge in [-0.25, -0.2) is 14.2 Å². The summed E-state index contributed by atoms with van der Waals surface area (Å²) in [6.07, 6.45) is -0.351. The fraction of sp³-hybridized carbons (Fsp3) is 0.143. The Hall–Kier alpha value is -2.41. The maximum absolute atomic E-state index is 13.1. The molecule has 1 aromatic carbocycles. The highest BCUT2D eigenvalue weighted by molar-refractivity contribution is 7.11. The maximum atomic E-state index is 13.1. The molecular weight excluding hydrogens is 297 g/mol. The van der Waals surface area contributed by atoms with Gasteiger partial charge in [-0.1, -0.05) is 12.1 Å². The van der Waals surface area contributed by atoms with Crippen molar-refractivity contribution in [1.82, 2.24) is 4.98 Å². The summed E-state index contributed by atoms with van der Waals surface area (Å²) in [5.41, 5.74) is 1.28. The van der Waals surface area contributed by atoms with Crippen molar-refractivity contribution in [2.45, 2.75) is 12.8 Å². The molecule has 0 atom stereocenters. The first kappa shape index (κ1) is 15.0. The molecule has 0 unspecified atom stereocenters. The summed E-state index contributed by atoms with van der Waals surface area (Å²) in [6, 6.07) is 6.01. The van der Waals surface area contributed by atoms with Gasteiger partial charge < -0.3 is 5.11 Å². The zero-order valence-corrected chi connectivity index (χ0v) is 11.5. The number of halogens is 1. The molecule has 0 aliphatic rings. The zero-order valence-electron chi connectivity index (χ0n) is 10.7. The largest absolute Gasteiger partial charge is 0.475 e. The van der Waals surface area contributed by atoms with Gasteiger partial charge in [0.15, 0.2) is 10.8 Å². The van der Waals surface area contributed by atoms with Crippen LogP contribution in [-0.4, -0.2) is 27.6 Å². The quantitative estimate of drug-likeness (QED) is 0.502. The van der Waals surface area contributed by atoms with Crippen molar-refractivity contribution >= 4 is 28.9 Å². The summed E-state index contributed by atoms with van der Waals surface area (Å²) < 4.78 is 13.1. The van der Waals surface area contributed by atoms with Crippen LogP contribution >= 0.6 is 11.3 Å². The second kappa shape index (κ2) is 6.36. The average Bonchev–Trinajstić information content (AvgIpc) is 2.87. The van der Waals surface area contributed by atoms with Crippen LogP contribution in [0.5, 0.6) is 0 Å². The van der Waals surface area contributed by atoms with Crippen molar-refractivity contribution in [2.24, 2.45) is 0 Å². The molecule has 0 fully saturated rings. The van der Waals surface area contributed by atoms with Crippen LogP contribution in [0.15, 0.2) is 29.6 Å². The molecule has 0 spiro atoms. The number of carboxylic acid groups (broad SMARTS) is 1. The standard InChI is InChI=1S/C14H10FNO4S/c15-9-3-1-2-8(4-9)5-10-7-21-13(16-10)11(17)6-12(18)14(19)20/h1-4,7H,5-6H2,(H,19,20). The van der Waals surface area contributed by atoms with Crippen LogP contribution in [0.2, 0.25) is 0 Å². The molecule has 1 heterocycles. The average molecular weight is 307 g/mol. The number of ketones is 2. The van der Waals surface area contributed by atoms with E-state index in [0.717, 1.165) is 11.3 Å². The van der Waals surface area contributed by atoms with E-state index in [1.807, 2.05) is 0 Å². The van der Waals surface area contributed by atoms with Crippen molar-refractivity contribution in [3.63, 3.8) is 0 Å². The molecule has 0 aliphatic carbocycles. The van der Waals surface area contributed by atoms with E-state index in [1.165, 1.54) is 12.1 Å². The van der Waals surface area contributed by atoms with Crippen LogP contribution in [-0.2, 0) is 16.0 Å². The monoisotopic (exact) mass is 307 g/mol. The Morgan fingerprint density at radius 3 is 2.71 bits per heavy atom. The van der Waals surface area contributed by atoms with Gasteiger partial charge in [-0.05, 0) is 17.7 Å². The molecular formula is C14H10FNO4S. The molecule has 0 saturated heterocycles. The molecule has 1 N–H and O–H groups in total. The smallest absolute Gasteiger partial charge is 0.372 e. The summed E-state index contributed by atoms with van der Waals surface area (Å²) in [6.45, 7) is 0. The van der Waals surface area contributed by atoms with Crippen LogP contribution in [0.1, 0.15) is 27.5 Å². The Morgan fingerprint density at radius 1 is 1.29 bits per heavy atom. The highest BCUT2D eigenvalue weighted by Crippen LogP contribution is 2.16. The minimum absolute atomic E-state index is 0.0796. The lowest BCUT2D eigenvalue weighted by atomic mass is 10.1. The lowest BCUT2D eigenvalue weighted by molar-refractivity contribution is -0.148. The number of thiazole rings is 1. The Labute approximate surface area is 123 Å². The number of aliphatic carboxylic acids is 1. The van der Waals surface area contributed by atoms with E-state index in [1.54, 1.807) is 17.5 Å². The van der Waals surface area contributed by atoms with Crippen molar-refractivity contribution in [3.8, 4) is 0 Å². The molecule has 5 nitrogen and oxygen atoms in total. The fourth-order valence-corrected chi connectivity index (χ4v) is 2.43. The second-order valence-corrected chi connectivity index (χ2v) is 5.14. The molecule has 7 heteroatoms. The van der Waals surface area contributed by atoms with Crippen molar-refractivity contribution in [3.05, 3.63) is 51.7 Å². The molecule has 2 rings (SSSR count). The van der Waals surface area contributed by atoms with E-state index in [9.17, 15) is 18.8 Å². The molecule has 21 heavy (non-hydrogen) atoms. The van der Waals surface area contributed by atoms with Gasteiger partial charge in [0.05, 0.1) is 12.1 Å². The lowest BCUT2D eigenvalue weighted by Gasteiger charge is -1.98. The predicted octanol–water partition coefficient (Wildman–Crippen LogP) is 2.10. The Kier molecular flexibility index (Phi) is 4.54. The van der Waals surface area contributed by atoms with Crippen molar-refractivity contribution < 1.29 is 23.9 Å². The summed E-state index contributed by atoms with van der Waals surface area (Å²) in [7, 11) is 0. The van der Waals surface area contributed by atoms with E-state index in [2.05, 4.69) is 4.98 Å². The number of hydrogen-bond acceptors (Lipinski definition) is 5. The summed E-state index contributed by atoms with van der Waals surface area (Å²) in [5.74, 6) is -3.79. The molecule has 0 aliphatic heterocycles. The van der Waals surface area contributed by atoms with Crippen molar-refractivity contribution in [1.29, 1.82) is 0 Å².